The highest BCUT2D eigenvalue weighted by molar-refractivity contribution is 6.10. The highest BCUT2D eigenvalue weighted by Crippen LogP contribution is 2.37. The summed E-state index contributed by atoms with van der Waals surface area (Å²) < 4.78 is 18.6. The minimum absolute atomic E-state index is 0.0117. The number of carbonyl (C=O) groups excluding carboxylic acids is 2. The number of rotatable bonds is 7. The van der Waals surface area contributed by atoms with Crippen LogP contribution in [0.4, 0.5) is 15.4 Å². The first kappa shape index (κ1) is 25.6. The number of anilines is 1. The Balaban J connectivity index is 1.74. The van der Waals surface area contributed by atoms with E-state index in [2.05, 4.69) is 39.8 Å². The lowest BCUT2D eigenvalue weighted by atomic mass is 10.0. The van der Waals surface area contributed by atoms with Gasteiger partial charge in [0.1, 0.15) is 13.2 Å². The summed E-state index contributed by atoms with van der Waals surface area (Å²) in [5.41, 5.74) is 3.18. The van der Waals surface area contributed by atoms with Crippen molar-refractivity contribution < 1.29 is 23.8 Å². The van der Waals surface area contributed by atoms with E-state index in [-0.39, 0.29) is 13.2 Å². The van der Waals surface area contributed by atoms with E-state index >= 15 is 0 Å². The SMILES string of the molecule is CCNC(=O)OCc1c(COC(=O)NCC)c2c3cc4ccccc4cc3c(N3CCOCC3)nn2c1C. The van der Waals surface area contributed by atoms with Crippen molar-refractivity contribution in [3.63, 3.8) is 0 Å². The number of fused-ring (bicyclic) bond motifs is 4. The summed E-state index contributed by atoms with van der Waals surface area (Å²) >= 11 is 0. The Morgan fingerprint density at radius 3 is 2.11 bits per heavy atom. The summed E-state index contributed by atoms with van der Waals surface area (Å²) in [6, 6.07) is 12.6. The highest BCUT2D eigenvalue weighted by Gasteiger charge is 2.25. The number of carbonyl (C=O) groups is 2. The zero-order valence-corrected chi connectivity index (χ0v) is 22.0. The van der Waals surface area contributed by atoms with Crippen molar-refractivity contribution in [2.24, 2.45) is 0 Å². The molecule has 200 valence electrons. The molecular formula is C28H33N5O5. The van der Waals surface area contributed by atoms with E-state index in [0.717, 1.165) is 62.8 Å². The summed E-state index contributed by atoms with van der Waals surface area (Å²) in [4.78, 5) is 26.7. The van der Waals surface area contributed by atoms with Crippen molar-refractivity contribution in [3.8, 4) is 0 Å². The van der Waals surface area contributed by atoms with E-state index in [1.165, 1.54) is 0 Å². The quantitative estimate of drug-likeness (QED) is 0.351. The van der Waals surface area contributed by atoms with Gasteiger partial charge in [0.05, 0.1) is 18.7 Å². The van der Waals surface area contributed by atoms with E-state index in [0.29, 0.717) is 26.3 Å². The van der Waals surface area contributed by atoms with Crippen molar-refractivity contribution in [3.05, 3.63) is 53.2 Å². The molecule has 1 aliphatic rings. The Bertz CT molecular complexity index is 1490. The molecule has 0 saturated carbocycles. The standard InChI is InChI=1S/C28H33N5O5/c1-4-29-27(34)37-16-23-18(3)33-25(24(23)17-38-28(35)30-5-2)21-14-19-8-6-7-9-20(19)15-22(21)26(31-33)32-10-12-36-13-11-32/h6-9,14-15H,4-5,10-13,16-17H2,1-3H3,(H,29,34)(H,30,35). The second kappa shape index (κ2) is 11.1. The Morgan fingerprint density at radius 1 is 0.921 bits per heavy atom. The van der Waals surface area contributed by atoms with Gasteiger partial charge in [0, 0.05) is 53.8 Å². The number of benzene rings is 2. The van der Waals surface area contributed by atoms with E-state index in [9.17, 15) is 9.59 Å². The average molecular weight is 520 g/mol. The fourth-order valence-electron chi connectivity index (χ4n) is 4.98. The van der Waals surface area contributed by atoms with Gasteiger partial charge in [-0.15, -0.1) is 5.10 Å². The van der Waals surface area contributed by atoms with Gasteiger partial charge in [-0.1, -0.05) is 24.3 Å². The van der Waals surface area contributed by atoms with Gasteiger partial charge in [-0.3, -0.25) is 0 Å². The number of ether oxygens (including phenoxy) is 3. The predicted molar refractivity (Wildman–Crippen MR) is 146 cm³/mol. The van der Waals surface area contributed by atoms with E-state index in [1.807, 2.05) is 37.4 Å². The normalized spacial score (nSPS) is 13.7. The van der Waals surface area contributed by atoms with Gasteiger partial charge in [0.25, 0.3) is 0 Å². The van der Waals surface area contributed by atoms with Crippen molar-refractivity contribution in [2.45, 2.75) is 34.0 Å². The molecule has 2 N–H and O–H groups in total. The molecule has 10 heteroatoms. The number of hydrogen-bond acceptors (Lipinski definition) is 7. The van der Waals surface area contributed by atoms with Gasteiger partial charge in [-0.2, -0.15) is 0 Å². The first-order valence-electron chi connectivity index (χ1n) is 13.0. The van der Waals surface area contributed by atoms with Crippen molar-refractivity contribution in [1.29, 1.82) is 0 Å². The molecule has 2 aromatic carbocycles. The van der Waals surface area contributed by atoms with Gasteiger partial charge in [0.15, 0.2) is 5.82 Å². The van der Waals surface area contributed by atoms with Crippen LogP contribution in [0.15, 0.2) is 36.4 Å². The molecule has 1 fully saturated rings. The molecule has 0 unspecified atom stereocenters. The first-order chi connectivity index (χ1) is 18.5. The van der Waals surface area contributed by atoms with Crippen LogP contribution in [-0.4, -0.2) is 61.2 Å². The molecule has 0 spiro atoms. The van der Waals surface area contributed by atoms with Crippen LogP contribution in [0.5, 0.6) is 0 Å². The van der Waals surface area contributed by atoms with Crippen molar-refractivity contribution in [2.75, 3.05) is 44.3 Å². The number of morpholine rings is 1. The number of nitrogens with zero attached hydrogens (tertiary/aromatic N) is 3. The minimum atomic E-state index is -0.507. The lowest BCUT2D eigenvalue weighted by Crippen LogP contribution is -2.37. The van der Waals surface area contributed by atoms with Crippen LogP contribution >= 0.6 is 0 Å². The number of alkyl carbamates (subject to hydrolysis) is 2. The molecule has 3 heterocycles. The third-order valence-corrected chi connectivity index (χ3v) is 6.84. The zero-order chi connectivity index (χ0) is 26.6. The third kappa shape index (κ3) is 4.91. The van der Waals surface area contributed by atoms with E-state index in [4.69, 9.17) is 19.3 Å². The molecule has 38 heavy (non-hydrogen) atoms. The summed E-state index contributed by atoms with van der Waals surface area (Å²) in [5, 5.41) is 14.7. The number of aromatic nitrogens is 2. The van der Waals surface area contributed by atoms with Crippen LogP contribution in [0.3, 0.4) is 0 Å². The Labute approximate surface area is 220 Å². The maximum Gasteiger partial charge on any atom is 0.407 e. The monoisotopic (exact) mass is 519 g/mol. The molecule has 5 rings (SSSR count). The number of nitrogens with one attached hydrogen (secondary N) is 2. The van der Waals surface area contributed by atoms with Crippen LogP contribution in [0.2, 0.25) is 0 Å². The number of hydrogen-bond donors (Lipinski definition) is 2. The predicted octanol–water partition coefficient (Wildman–Crippen LogP) is 4.28. The maximum absolute atomic E-state index is 12.3. The van der Waals surface area contributed by atoms with Crippen LogP contribution in [0.25, 0.3) is 27.1 Å². The lowest BCUT2D eigenvalue weighted by molar-refractivity contribution is 0.122. The number of aryl methyl sites for hydroxylation is 1. The van der Waals surface area contributed by atoms with Crippen molar-refractivity contribution in [1.82, 2.24) is 20.2 Å². The molecular weight excluding hydrogens is 486 g/mol. The summed E-state index contributed by atoms with van der Waals surface area (Å²) in [6.45, 7) is 9.32. The minimum Gasteiger partial charge on any atom is -0.445 e. The Kier molecular flexibility index (Phi) is 7.50. The Hall–Kier alpha value is -4.05. The second-order valence-corrected chi connectivity index (χ2v) is 9.18. The van der Waals surface area contributed by atoms with Crippen LogP contribution in [0, 0.1) is 6.92 Å². The largest absolute Gasteiger partial charge is 0.445 e. The van der Waals surface area contributed by atoms with Crippen LogP contribution < -0.4 is 15.5 Å². The topological polar surface area (TPSA) is 106 Å². The van der Waals surface area contributed by atoms with Gasteiger partial charge < -0.3 is 29.7 Å². The molecule has 2 aromatic heterocycles. The van der Waals surface area contributed by atoms with Crippen molar-refractivity contribution >= 4 is 45.1 Å². The van der Waals surface area contributed by atoms with E-state index in [1.54, 1.807) is 0 Å². The smallest absolute Gasteiger partial charge is 0.407 e. The number of amides is 2. The van der Waals surface area contributed by atoms with Crippen LogP contribution in [0.1, 0.15) is 30.7 Å². The average Bonchev–Trinajstić information content (AvgIpc) is 3.20. The second-order valence-electron chi connectivity index (χ2n) is 9.18. The molecule has 2 amide bonds. The molecule has 0 radical (unpaired) electrons. The molecule has 0 atom stereocenters. The van der Waals surface area contributed by atoms with Gasteiger partial charge in [0.2, 0.25) is 0 Å². The maximum atomic E-state index is 12.3. The molecule has 0 bridgehead atoms. The fraction of sp³-hybridized carbons (Fsp3) is 0.393. The lowest BCUT2D eigenvalue weighted by Gasteiger charge is -2.29. The first-order valence-corrected chi connectivity index (χ1v) is 13.0. The molecule has 0 aliphatic carbocycles. The van der Waals surface area contributed by atoms with Gasteiger partial charge in [-0.05, 0) is 43.7 Å². The fourth-order valence-corrected chi connectivity index (χ4v) is 4.98. The highest BCUT2D eigenvalue weighted by atomic mass is 16.6. The summed E-state index contributed by atoms with van der Waals surface area (Å²) in [5.74, 6) is 0.868. The third-order valence-electron chi connectivity index (χ3n) is 6.84. The Morgan fingerprint density at radius 2 is 1.50 bits per heavy atom. The van der Waals surface area contributed by atoms with Crippen LogP contribution in [-0.2, 0) is 27.4 Å². The molecule has 1 aliphatic heterocycles. The van der Waals surface area contributed by atoms with Gasteiger partial charge >= 0.3 is 12.2 Å². The summed E-state index contributed by atoms with van der Waals surface area (Å²) in [7, 11) is 0. The summed E-state index contributed by atoms with van der Waals surface area (Å²) in [6.07, 6.45) is -1.01. The van der Waals surface area contributed by atoms with Gasteiger partial charge in [-0.25, -0.2) is 14.1 Å². The molecule has 10 nitrogen and oxygen atoms in total. The molecule has 1 saturated heterocycles. The van der Waals surface area contributed by atoms with E-state index < -0.39 is 12.2 Å². The molecule has 4 aromatic rings. The zero-order valence-electron chi connectivity index (χ0n) is 22.0.